The van der Waals surface area contributed by atoms with Crippen LogP contribution in [0.15, 0.2) is 42.6 Å². The Morgan fingerprint density at radius 1 is 1.10 bits per heavy atom. The Labute approximate surface area is 185 Å². The molecule has 1 aliphatic rings. The van der Waals surface area contributed by atoms with Crippen LogP contribution in [0.25, 0.3) is 0 Å². The van der Waals surface area contributed by atoms with Crippen LogP contribution in [0.5, 0.6) is 0 Å². The number of halogens is 2. The summed E-state index contributed by atoms with van der Waals surface area (Å²) in [7, 11) is 0. The van der Waals surface area contributed by atoms with Crippen LogP contribution in [0.1, 0.15) is 41.4 Å². The summed E-state index contributed by atoms with van der Waals surface area (Å²) in [4.78, 5) is 26.1. The predicted octanol–water partition coefficient (Wildman–Crippen LogP) is 5.48. The lowest BCUT2D eigenvalue weighted by atomic mass is 10.0. The molecule has 1 aliphatic carbocycles. The van der Waals surface area contributed by atoms with Gasteiger partial charge in [-0.05, 0) is 49.1 Å². The molecule has 0 saturated heterocycles. The van der Waals surface area contributed by atoms with Gasteiger partial charge in [0.05, 0.1) is 15.6 Å². The quantitative estimate of drug-likeness (QED) is 0.450. The molecule has 0 radical (unpaired) electrons. The number of hydrogen-bond acceptors (Lipinski definition) is 6. The van der Waals surface area contributed by atoms with E-state index in [0.29, 0.717) is 39.2 Å². The topological polar surface area (TPSA) is 79.8 Å². The van der Waals surface area contributed by atoms with Crippen molar-refractivity contribution in [2.75, 3.05) is 10.6 Å². The van der Waals surface area contributed by atoms with Gasteiger partial charge in [-0.15, -0.1) is 0 Å². The average molecular weight is 442 g/mol. The first-order valence-corrected chi connectivity index (χ1v) is 10.6. The van der Waals surface area contributed by atoms with Gasteiger partial charge in [0.2, 0.25) is 5.95 Å². The monoisotopic (exact) mass is 441 g/mol. The fourth-order valence-corrected chi connectivity index (χ4v) is 3.65. The van der Waals surface area contributed by atoms with Gasteiger partial charge >= 0.3 is 0 Å². The molecule has 8 heteroatoms. The van der Waals surface area contributed by atoms with Crippen LogP contribution in [-0.2, 0) is 12.8 Å². The summed E-state index contributed by atoms with van der Waals surface area (Å²) >= 11 is 12.3. The summed E-state index contributed by atoms with van der Waals surface area (Å²) in [5.74, 6) is 1.74. The van der Waals surface area contributed by atoms with Crippen molar-refractivity contribution in [1.82, 2.24) is 15.0 Å². The van der Waals surface area contributed by atoms with Gasteiger partial charge in [-0.25, -0.2) is 9.97 Å². The van der Waals surface area contributed by atoms with Crippen LogP contribution < -0.4 is 10.6 Å². The minimum atomic E-state index is -0.144. The molecule has 0 aliphatic heterocycles. The van der Waals surface area contributed by atoms with Crippen molar-refractivity contribution in [3.8, 4) is 0 Å². The molecule has 0 unspecified atom stereocenters. The maximum atomic E-state index is 12.7. The maximum Gasteiger partial charge on any atom is 0.225 e. The van der Waals surface area contributed by atoms with E-state index in [2.05, 4.69) is 32.5 Å². The highest BCUT2D eigenvalue weighted by Gasteiger charge is 2.22. The highest BCUT2D eigenvalue weighted by molar-refractivity contribution is 6.39. The van der Waals surface area contributed by atoms with E-state index in [-0.39, 0.29) is 12.2 Å². The highest BCUT2D eigenvalue weighted by atomic mass is 35.5. The van der Waals surface area contributed by atoms with Crippen molar-refractivity contribution in [3.63, 3.8) is 0 Å². The SMILES string of the molecule is CCc1cc(Nc2cc(CC(=O)c3c(Cl)cccc3Cl)ccn2)nc(NC2CC2)n1. The average Bonchev–Trinajstić information content (AvgIpc) is 3.52. The number of hydrogen-bond donors (Lipinski definition) is 2. The number of pyridine rings is 1. The van der Waals surface area contributed by atoms with Crippen molar-refractivity contribution in [2.24, 2.45) is 0 Å². The van der Waals surface area contributed by atoms with E-state index >= 15 is 0 Å². The van der Waals surface area contributed by atoms with Crippen LogP contribution >= 0.6 is 23.2 Å². The van der Waals surface area contributed by atoms with Gasteiger partial charge < -0.3 is 10.6 Å². The second-order valence-corrected chi connectivity index (χ2v) is 8.03. The highest BCUT2D eigenvalue weighted by Crippen LogP contribution is 2.27. The fourth-order valence-electron chi connectivity index (χ4n) is 3.04. The number of rotatable bonds is 8. The Balaban J connectivity index is 1.52. The number of carbonyl (C=O) groups excluding carboxylic acids is 1. The molecule has 2 aromatic heterocycles. The van der Waals surface area contributed by atoms with Gasteiger partial charge in [0.1, 0.15) is 11.6 Å². The van der Waals surface area contributed by atoms with Gasteiger partial charge in [0.15, 0.2) is 5.78 Å². The third-order valence-electron chi connectivity index (χ3n) is 4.74. The van der Waals surface area contributed by atoms with E-state index in [0.717, 1.165) is 30.5 Å². The Bertz CT molecular complexity index is 1060. The van der Waals surface area contributed by atoms with E-state index < -0.39 is 0 Å². The zero-order chi connectivity index (χ0) is 21.1. The standard InChI is InChI=1S/C22H21Cl2N5O/c1-2-14-12-20(29-22(26-14)27-15-6-7-15)28-19-11-13(8-9-25-19)10-18(30)21-16(23)4-3-5-17(21)24/h3-5,8-9,11-12,15H,2,6-7,10H2,1H3,(H2,25,26,27,28,29). The lowest BCUT2D eigenvalue weighted by Gasteiger charge is -2.11. The molecule has 0 spiro atoms. The molecule has 0 bridgehead atoms. The van der Waals surface area contributed by atoms with Crippen molar-refractivity contribution in [2.45, 2.75) is 38.6 Å². The van der Waals surface area contributed by atoms with E-state index in [1.54, 1.807) is 30.5 Å². The van der Waals surface area contributed by atoms with Gasteiger partial charge in [-0.2, -0.15) is 4.98 Å². The number of carbonyl (C=O) groups is 1. The summed E-state index contributed by atoms with van der Waals surface area (Å²) in [6, 6.07) is 11.0. The van der Waals surface area contributed by atoms with Crippen molar-refractivity contribution in [1.29, 1.82) is 0 Å². The van der Waals surface area contributed by atoms with Gasteiger partial charge in [-0.1, -0.05) is 36.2 Å². The Morgan fingerprint density at radius 2 is 1.87 bits per heavy atom. The molecular formula is C22H21Cl2N5O. The van der Waals surface area contributed by atoms with Gasteiger partial charge in [0.25, 0.3) is 0 Å². The molecular weight excluding hydrogens is 421 g/mol. The second kappa shape index (κ2) is 8.98. The minimum absolute atomic E-state index is 0.144. The Kier molecular flexibility index (Phi) is 6.16. The predicted molar refractivity (Wildman–Crippen MR) is 120 cm³/mol. The van der Waals surface area contributed by atoms with Crippen LogP contribution in [-0.4, -0.2) is 26.8 Å². The number of aromatic nitrogens is 3. The lowest BCUT2D eigenvalue weighted by Crippen LogP contribution is -2.09. The maximum absolute atomic E-state index is 12.7. The largest absolute Gasteiger partial charge is 0.351 e. The zero-order valence-corrected chi connectivity index (χ0v) is 18.0. The lowest BCUT2D eigenvalue weighted by molar-refractivity contribution is 0.0993. The smallest absolute Gasteiger partial charge is 0.225 e. The van der Waals surface area contributed by atoms with Crippen LogP contribution in [0.3, 0.4) is 0 Å². The first-order chi connectivity index (χ1) is 14.5. The normalized spacial score (nSPS) is 13.2. The number of nitrogens with one attached hydrogen (secondary N) is 2. The zero-order valence-electron chi connectivity index (χ0n) is 16.5. The number of benzene rings is 1. The van der Waals surface area contributed by atoms with Gasteiger partial charge in [-0.3, -0.25) is 4.79 Å². The minimum Gasteiger partial charge on any atom is -0.351 e. The second-order valence-electron chi connectivity index (χ2n) is 7.21. The molecule has 0 amide bonds. The molecule has 30 heavy (non-hydrogen) atoms. The summed E-state index contributed by atoms with van der Waals surface area (Å²) in [5, 5.41) is 7.26. The summed E-state index contributed by atoms with van der Waals surface area (Å²) in [5.41, 5.74) is 2.08. The molecule has 1 saturated carbocycles. The summed E-state index contributed by atoms with van der Waals surface area (Å²) < 4.78 is 0. The summed E-state index contributed by atoms with van der Waals surface area (Å²) in [6.45, 7) is 2.05. The number of aryl methyl sites for hydroxylation is 1. The number of anilines is 3. The number of ketones is 1. The third kappa shape index (κ3) is 5.07. The van der Waals surface area contributed by atoms with Crippen LogP contribution in [0, 0.1) is 0 Å². The number of nitrogens with zero attached hydrogens (tertiary/aromatic N) is 3. The first-order valence-electron chi connectivity index (χ1n) is 9.85. The summed E-state index contributed by atoms with van der Waals surface area (Å²) in [6.07, 6.45) is 4.92. The molecule has 154 valence electrons. The Hall–Kier alpha value is -2.70. The van der Waals surface area contributed by atoms with Crippen LogP contribution in [0.2, 0.25) is 10.0 Å². The molecule has 2 N–H and O–H groups in total. The molecule has 1 fully saturated rings. The Morgan fingerprint density at radius 3 is 2.57 bits per heavy atom. The molecule has 3 aromatic rings. The van der Waals surface area contributed by atoms with E-state index in [4.69, 9.17) is 23.2 Å². The van der Waals surface area contributed by atoms with E-state index in [1.165, 1.54) is 0 Å². The molecule has 2 heterocycles. The molecule has 6 nitrogen and oxygen atoms in total. The van der Waals surface area contributed by atoms with Crippen LogP contribution in [0.4, 0.5) is 17.6 Å². The molecule has 0 atom stereocenters. The third-order valence-corrected chi connectivity index (χ3v) is 5.37. The molecule has 1 aromatic carbocycles. The fraction of sp³-hybridized carbons (Fsp3) is 0.273. The molecule has 4 rings (SSSR count). The van der Waals surface area contributed by atoms with Gasteiger partial charge in [0, 0.05) is 30.4 Å². The number of Topliss-reactive ketones (excluding diaryl/α,β-unsaturated/α-hetero) is 1. The van der Waals surface area contributed by atoms with Crippen molar-refractivity contribution >= 4 is 46.6 Å². The first kappa shape index (κ1) is 20.6. The van der Waals surface area contributed by atoms with Crippen molar-refractivity contribution in [3.05, 3.63) is 69.5 Å². The van der Waals surface area contributed by atoms with E-state index in [9.17, 15) is 4.79 Å². The van der Waals surface area contributed by atoms with E-state index in [1.807, 2.05) is 12.1 Å². The van der Waals surface area contributed by atoms with Crippen molar-refractivity contribution < 1.29 is 4.79 Å².